The molecule has 6 heteroatoms. The molecule has 0 aliphatic rings. The van der Waals surface area contributed by atoms with Gasteiger partial charge in [-0.15, -0.1) is 0 Å². The van der Waals surface area contributed by atoms with Crippen LogP contribution in [0.5, 0.6) is 0 Å². The number of nitrogens with zero attached hydrogens (tertiary/aromatic N) is 3. The Hall–Kier alpha value is -2.10. The minimum atomic E-state index is 0.420. The summed E-state index contributed by atoms with van der Waals surface area (Å²) in [4.78, 5) is 8.33. The topological polar surface area (TPSA) is 80.8 Å². The first-order chi connectivity index (χ1) is 9.63. The highest BCUT2D eigenvalue weighted by Gasteiger charge is 2.11. The Kier molecular flexibility index (Phi) is 4.56. The standard InChI is InChI=1S/C14H20N6/c1-10(2)17-6-4-5-11-7-20(9-16-3)14-12(11)13(15)18-8-19-14/h7-8,10,16-17H,6,9H2,1-3H3,(H2,15,18,19). The van der Waals surface area contributed by atoms with Gasteiger partial charge < -0.3 is 20.9 Å². The third-order valence-electron chi connectivity index (χ3n) is 2.83. The Morgan fingerprint density at radius 1 is 1.40 bits per heavy atom. The quantitative estimate of drug-likeness (QED) is 0.708. The molecule has 0 aliphatic carbocycles. The number of hydrogen-bond donors (Lipinski definition) is 3. The minimum absolute atomic E-state index is 0.420. The van der Waals surface area contributed by atoms with E-state index in [9.17, 15) is 0 Å². The van der Waals surface area contributed by atoms with Gasteiger partial charge in [-0.25, -0.2) is 9.97 Å². The van der Waals surface area contributed by atoms with Gasteiger partial charge in [-0.05, 0) is 20.9 Å². The van der Waals surface area contributed by atoms with E-state index in [-0.39, 0.29) is 0 Å². The van der Waals surface area contributed by atoms with Crippen LogP contribution in [0, 0.1) is 11.8 Å². The van der Waals surface area contributed by atoms with Crippen LogP contribution in [0.4, 0.5) is 5.82 Å². The molecule has 0 atom stereocenters. The number of nitrogens with one attached hydrogen (secondary N) is 2. The van der Waals surface area contributed by atoms with Crippen molar-refractivity contribution in [2.45, 2.75) is 26.6 Å². The summed E-state index contributed by atoms with van der Waals surface area (Å²) in [6.07, 6.45) is 3.43. The van der Waals surface area contributed by atoms with E-state index >= 15 is 0 Å². The molecule has 2 heterocycles. The first-order valence-corrected chi connectivity index (χ1v) is 6.59. The van der Waals surface area contributed by atoms with Crippen LogP contribution in [0.1, 0.15) is 19.4 Å². The predicted molar refractivity (Wildman–Crippen MR) is 81.0 cm³/mol. The Bertz CT molecular complexity index is 647. The van der Waals surface area contributed by atoms with Gasteiger partial charge in [0.1, 0.15) is 17.8 Å². The third-order valence-corrected chi connectivity index (χ3v) is 2.83. The van der Waals surface area contributed by atoms with Crippen molar-refractivity contribution in [2.75, 3.05) is 19.3 Å². The molecule has 2 aromatic heterocycles. The van der Waals surface area contributed by atoms with Gasteiger partial charge in [0, 0.05) is 12.2 Å². The fraction of sp³-hybridized carbons (Fsp3) is 0.429. The average molecular weight is 272 g/mol. The largest absolute Gasteiger partial charge is 0.383 e. The molecule has 0 saturated carbocycles. The number of fused-ring (bicyclic) bond motifs is 1. The molecule has 2 rings (SSSR count). The molecule has 0 radical (unpaired) electrons. The van der Waals surface area contributed by atoms with Crippen LogP contribution in [0.15, 0.2) is 12.5 Å². The maximum Gasteiger partial charge on any atom is 0.147 e. The lowest BCUT2D eigenvalue weighted by Crippen LogP contribution is -2.22. The van der Waals surface area contributed by atoms with Crippen LogP contribution in [-0.4, -0.2) is 34.2 Å². The monoisotopic (exact) mass is 272 g/mol. The van der Waals surface area contributed by atoms with Crippen molar-refractivity contribution in [1.82, 2.24) is 25.2 Å². The first kappa shape index (κ1) is 14.3. The van der Waals surface area contributed by atoms with E-state index in [4.69, 9.17) is 5.73 Å². The smallest absolute Gasteiger partial charge is 0.147 e. The van der Waals surface area contributed by atoms with Crippen LogP contribution >= 0.6 is 0 Å². The van der Waals surface area contributed by atoms with Gasteiger partial charge in [0.05, 0.1) is 24.2 Å². The van der Waals surface area contributed by atoms with Gasteiger partial charge in [0.15, 0.2) is 0 Å². The summed E-state index contributed by atoms with van der Waals surface area (Å²) in [6, 6.07) is 0.420. The van der Waals surface area contributed by atoms with Gasteiger partial charge in [0.25, 0.3) is 0 Å². The second-order valence-electron chi connectivity index (χ2n) is 4.82. The summed E-state index contributed by atoms with van der Waals surface area (Å²) in [7, 11) is 1.88. The second kappa shape index (κ2) is 6.37. The van der Waals surface area contributed by atoms with E-state index < -0.39 is 0 Å². The first-order valence-electron chi connectivity index (χ1n) is 6.59. The number of anilines is 1. The van der Waals surface area contributed by atoms with E-state index in [1.165, 1.54) is 6.33 Å². The predicted octanol–water partition coefficient (Wildman–Crippen LogP) is 0.540. The molecule has 0 bridgehead atoms. The summed E-state index contributed by atoms with van der Waals surface area (Å²) >= 11 is 0. The highest BCUT2D eigenvalue weighted by molar-refractivity contribution is 5.92. The Balaban J connectivity index is 2.37. The number of aromatic nitrogens is 3. The van der Waals surface area contributed by atoms with Gasteiger partial charge >= 0.3 is 0 Å². The van der Waals surface area contributed by atoms with E-state index in [2.05, 4.69) is 46.3 Å². The van der Waals surface area contributed by atoms with Gasteiger partial charge in [0.2, 0.25) is 0 Å². The molecule has 6 nitrogen and oxygen atoms in total. The SMILES string of the molecule is CNCn1cc(C#CCNC(C)C)c2c(N)ncnc21. The van der Waals surface area contributed by atoms with Gasteiger partial charge in [-0.3, -0.25) is 0 Å². The van der Waals surface area contributed by atoms with Crippen LogP contribution < -0.4 is 16.4 Å². The van der Waals surface area contributed by atoms with Gasteiger partial charge in [-0.1, -0.05) is 11.8 Å². The third kappa shape index (κ3) is 3.07. The summed E-state index contributed by atoms with van der Waals surface area (Å²) in [6.45, 7) is 5.47. The maximum atomic E-state index is 5.95. The van der Waals surface area contributed by atoms with E-state index in [1.807, 2.05) is 17.8 Å². The molecule has 2 aromatic rings. The Morgan fingerprint density at radius 2 is 2.20 bits per heavy atom. The van der Waals surface area contributed by atoms with Crippen molar-refractivity contribution in [2.24, 2.45) is 0 Å². The Labute approximate surface area is 118 Å². The lowest BCUT2D eigenvalue weighted by Gasteiger charge is -2.02. The van der Waals surface area contributed by atoms with Crippen LogP contribution in [0.3, 0.4) is 0 Å². The lowest BCUT2D eigenvalue weighted by atomic mass is 10.2. The normalized spacial score (nSPS) is 10.8. The molecule has 106 valence electrons. The molecular formula is C14H20N6. The molecule has 0 aromatic carbocycles. The number of nitrogens with two attached hydrogens (primary N) is 1. The molecule has 4 N–H and O–H groups in total. The minimum Gasteiger partial charge on any atom is -0.383 e. The highest BCUT2D eigenvalue weighted by Crippen LogP contribution is 2.22. The van der Waals surface area contributed by atoms with Crippen LogP contribution in [0.25, 0.3) is 11.0 Å². The zero-order chi connectivity index (χ0) is 14.5. The van der Waals surface area contributed by atoms with Crippen molar-refractivity contribution in [1.29, 1.82) is 0 Å². The summed E-state index contributed by atoms with van der Waals surface area (Å²) in [5.74, 6) is 6.71. The molecule has 0 aliphatic heterocycles. The fourth-order valence-electron chi connectivity index (χ4n) is 1.93. The average Bonchev–Trinajstić information content (AvgIpc) is 2.75. The number of hydrogen-bond acceptors (Lipinski definition) is 5. The Morgan fingerprint density at radius 3 is 2.90 bits per heavy atom. The van der Waals surface area contributed by atoms with Crippen molar-refractivity contribution in [3.8, 4) is 11.8 Å². The van der Waals surface area contributed by atoms with E-state index in [0.29, 0.717) is 25.1 Å². The molecule has 0 unspecified atom stereocenters. The van der Waals surface area contributed by atoms with Gasteiger partial charge in [-0.2, -0.15) is 0 Å². The molecular weight excluding hydrogens is 252 g/mol. The van der Waals surface area contributed by atoms with Crippen molar-refractivity contribution in [3.63, 3.8) is 0 Å². The highest BCUT2D eigenvalue weighted by atomic mass is 15.1. The summed E-state index contributed by atoms with van der Waals surface area (Å²) < 4.78 is 1.98. The van der Waals surface area contributed by atoms with Crippen molar-refractivity contribution < 1.29 is 0 Å². The zero-order valence-corrected chi connectivity index (χ0v) is 12.1. The van der Waals surface area contributed by atoms with E-state index in [1.54, 1.807) is 0 Å². The molecule has 0 saturated heterocycles. The van der Waals surface area contributed by atoms with Crippen LogP contribution in [-0.2, 0) is 6.67 Å². The summed E-state index contributed by atoms with van der Waals surface area (Å²) in [5.41, 5.74) is 7.61. The van der Waals surface area contributed by atoms with Crippen LogP contribution in [0.2, 0.25) is 0 Å². The zero-order valence-electron chi connectivity index (χ0n) is 12.1. The van der Waals surface area contributed by atoms with E-state index in [0.717, 1.165) is 16.6 Å². The number of nitrogen functional groups attached to an aromatic ring is 1. The maximum absolute atomic E-state index is 5.95. The molecule has 0 fully saturated rings. The number of rotatable bonds is 4. The molecule has 0 spiro atoms. The second-order valence-corrected chi connectivity index (χ2v) is 4.82. The fourth-order valence-corrected chi connectivity index (χ4v) is 1.93. The van der Waals surface area contributed by atoms with Crippen molar-refractivity contribution >= 4 is 16.9 Å². The molecule has 0 amide bonds. The van der Waals surface area contributed by atoms with Crippen molar-refractivity contribution in [3.05, 3.63) is 18.1 Å². The molecule has 20 heavy (non-hydrogen) atoms. The lowest BCUT2D eigenvalue weighted by molar-refractivity contribution is 0.632. The summed E-state index contributed by atoms with van der Waals surface area (Å²) in [5, 5.41) is 7.17.